The van der Waals surface area contributed by atoms with Gasteiger partial charge in [0.15, 0.2) is 0 Å². The Bertz CT molecular complexity index is 822. The van der Waals surface area contributed by atoms with Crippen LogP contribution in [0.4, 0.5) is 4.39 Å². The van der Waals surface area contributed by atoms with E-state index in [1.165, 1.54) is 25.0 Å². The monoisotopic (exact) mass is 326 g/mol. The summed E-state index contributed by atoms with van der Waals surface area (Å²) in [4.78, 5) is 18.1. The van der Waals surface area contributed by atoms with Crippen molar-refractivity contribution in [1.29, 1.82) is 0 Å². The molecule has 1 amide bonds. The molecule has 0 unspecified atom stereocenters. The van der Waals surface area contributed by atoms with Crippen LogP contribution in [0.15, 0.2) is 30.4 Å². The number of carbonyl (C=O) groups excluding carboxylic acids is 1. The van der Waals surface area contributed by atoms with E-state index in [1.807, 2.05) is 17.9 Å². The fraction of sp³-hybridized carbons (Fsp3) is 0.450. The van der Waals surface area contributed by atoms with Crippen molar-refractivity contribution in [2.45, 2.75) is 39.0 Å². The van der Waals surface area contributed by atoms with E-state index in [0.29, 0.717) is 11.2 Å². The Labute approximate surface area is 141 Å². The number of fused-ring (bicyclic) bond motifs is 1. The highest BCUT2D eigenvalue weighted by Gasteiger charge is 2.37. The number of amides is 1. The van der Waals surface area contributed by atoms with Crippen LogP contribution in [0.3, 0.4) is 0 Å². The Morgan fingerprint density at radius 1 is 1.25 bits per heavy atom. The number of aryl methyl sites for hydroxylation is 1. The van der Waals surface area contributed by atoms with E-state index in [0.717, 1.165) is 43.3 Å². The number of aromatic amines is 1. The number of nitrogens with zero attached hydrogens (tertiary/aromatic N) is 1. The molecule has 1 spiro atoms. The Morgan fingerprint density at radius 2 is 2.12 bits per heavy atom. The quantitative estimate of drug-likeness (QED) is 0.765. The number of nitrogens with one attached hydrogen (secondary N) is 1. The first-order valence-corrected chi connectivity index (χ1v) is 8.80. The van der Waals surface area contributed by atoms with Crippen molar-refractivity contribution in [3.05, 3.63) is 47.4 Å². The number of hydrogen-bond acceptors (Lipinski definition) is 1. The highest BCUT2D eigenvalue weighted by atomic mass is 19.1. The minimum Gasteiger partial charge on any atom is -0.350 e. The zero-order valence-corrected chi connectivity index (χ0v) is 14.1. The van der Waals surface area contributed by atoms with Crippen molar-refractivity contribution >= 4 is 16.8 Å². The van der Waals surface area contributed by atoms with Gasteiger partial charge in [0.1, 0.15) is 11.5 Å². The lowest BCUT2D eigenvalue weighted by Gasteiger charge is -2.43. The molecule has 1 aliphatic carbocycles. The van der Waals surface area contributed by atoms with E-state index in [9.17, 15) is 9.18 Å². The molecule has 1 aromatic heterocycles. The summed E-state index contributed by atoms with van der Waals surface area (Å²) >= 11 is 0. The van der Waals surface area contributed by atoms with E-state index in [1.54, 1.807) is 0 Å². The molecule has 3 nitrogen and oxygen atoms in total. The molecule has 24 heavy (non-hydrogen) atoms. The summed E-state index contributed by atoms with van der Waals surface area (Å²) < 4.78 is 13.6. The first-order valence-electron chi connectivity index (χ1n) is 8.80. The SMILES string of the molecule is Cc1cc(F)cc2[nH]c(C(=O)N3CCC[C@@]4(CC=CCC4)C3)cc12. The summed E-state index contributed by atoms with van der Waals surface area (Å²) in [7, 11) is 0. The molecule has 0 radical (unpaired) electrons. The fourth-order valence-electron chi connectivity index (χ4n) is 4.36. The van der Waals surface area contributed by atoms with Gasteiger partial charge in [-0.25, -0.2) is 4.39 Å². The summed E-state index contributed by atoms with van der Waals surface area (Å²) in [5.41, 5.74) is 2.38. The van der Waals surface area contributed by atoms with Crippen molar-refractivity contribution in [2.24, 2.45) is 5.41 Å². The zero-order chi connectivity index (χ0) is 16.7. The molecule has 1 N–H and O–H groups in total. The molecule has 1 atom stereocenters. The molecular weight excluding hydrogens is 303 g/mol. The molecule has 0 saturated carbocycles. The maximum atomic E-state index is 13.6. The lowest BCUT2D eigenvalue weighted by atomic mass is 9.71. The molecule has 1 saturated heterocycles. The van der Waals surface area contributed by atoms with Gasteiger partial charge in [0.05, 0.1) is 0 Å². The first kappa shape index (κ1) is 15.4. The third-order valence-corrected chi connectivity index (χ3v) is 5.65. The molecule has 2 aliphatic rings. The van der Waals surface area contributed by atoms with Crippen LogP contribution in [-0.2, 0) is 0 Å². The highest BCUT2D eigenvalue weighted by molar-refractivity contribution is 5.98. The molecule has 1 aromatic carbocycles. The predicted molar refractivity (Wildman–Crippen MR) is 93.6 cm³/mol. The normalized spacial score (nSPS) is 24.0. The Morgan fingerprint density at radius 3 is 2.92 bits per heavy atom. The maximum Gasteiger partial charge on any atom is 0.270 e. The van der Waals surface area contributed by atoms with Gasteiger partial charge in [-0.15, -0.1) is 0 Å². The van der Waals surface area contributed by atoms with E-state index in [2.05, 4.69) is 17.1 Å². The van der Waals surface area contributed by atoms with Gasteiger partial charge in [-0.2, -0.15) is 0 Å². The summed E-state index contributed by atoms with van der Waals surface area (Å²) in [6, 6.07) is 4.84. The van der Waals surface area contributed by atoms with Gasteiger partial charge in [0.2, 0.25) is 0 Å². The lowest BCUT2D eigenvalue weighted by Crippen LogP contribution is -2.46. The van der Waals surface area contributed by atoms with Crippen molar-refractivity contribution in [3.8, 4) is 0 Å². The number of H-pyrrole nitrogens is 1. The molecule has 0 bridgehead atoms. The molecule has 126 valence electrons. The number of likely N-dealkylation sites (tertiary alicyclic amines) is 1. The highest BCUT2D eigenvalue weighted by Crippen LogP contribution is 2.41. The largest absolute Gasteiger partial charge is 0.350 e. The molecule has 1 aliphatic heterocycles. The minimum atomic E-state index is -0.272. The number of carbonyl (C=O) groups is 1. The molecule has 2 aromatic rings. The average Bonchev–Trinajstić information content (AvgIpc) is 2.99. The summed E-state index contributed by atoms with van der Waals surface area (Å²) in [5, 5.41) is 0.923. The van der Waals surface area contributed by atoms with Crippen LogP contribution in [0.1, 0.15) is 48.2 Å². The van der Waals surface area contributed by atoms with Gasteiger partial charge in [-0.3, -0.25) is 4.79 Å². The zero-order valence-electron chi connectivity index (χ0n) is 14.1. The second-order valence-corrected chi connectivity index (χ2v) is 7.41. The number of allylic oxidation sites excluding steroid dienone is 2. The first-order chi connectivity index (χ1) is 11.6. The van der Waals surface area contributed by atoms with Crippen LogP contribution in [-0.4, -0.2) is 28.9 Å². The van der Waals surface area contributed by atoms with Crippen LogP contribution >= 0.6 is 0 Å². The van der Waals surface area contributed by atoms with Crippen LogP contribution in [0, 0.1) is 18.2 Å². The van der Waals surface area contributed by atoms with E-state index >= 15 is 0 Å². The lowest BCUT2D eigenvalue weighted by molar-refractivity contribution is 0.0480. The summed E-state index contributed by atoms with van der Waals surface area (Å²) in [6.07, 6.45) is 10.2. The third kappa shape index (κ3) is 2.64. The Hall–Kier alpha value is -2.10. The second kappa shape index (κ2) is 5.76. The van der Waals surface area contributed by atoms with E-state index in [4.69, 9.17) is 0 Å². The average molecular weight is 326 g/mol. The number of rotatable bonds is 1. The van der Waals surface area contributed by atoms with Gasteiger partial charge >= 0.3 is 0 Å². The van der Waals surface area contributed by atoms with Crippen molar-refractivity contribution in [3.63, 3.8) is 0 Å². The third-order valence-electron chi connectivity index (χ3n) is 5.65. The molecule has 2 heterocycles. The van der Waals surface area contributed by atoms with Gasteiger partial charge < -0.3 is 9.88 Å². The van der Waals surface area contributed by atoms with Gasteiger partial charge in [-0.1, -0.05) is 12.2 Å². The second-order valence-electron chi connectivity index (χ2n) is 7.41. The van der Waals surface area contributed by atoms with E-state index in [-0.39, 0.29) is 17.1 Å². The number of piperidine rings is 1. The van der Waals surface area contributed by atoms with Gasteiger partial charge in [0, 0.05) is 24.0 Å². The van der Waals surface area contributed by atoms with Gasteiger partial charge in [0.25, 0.3) is 5.91 Å². The fourth-order valence-corrected chi connectivity index (χ4v) is 4.36. The molecular formula is C20H23FN2O. The maximum absolute atomic E-state index is 13.6. The summed E-state index contributed by atoms with van der Waals surface area (Å²) in [6.45, 7) is 3.52. The number of halogens is 1. The minimum absolute atomic E-state index is 0.0413. The van der Waals surface area contributed by atoms with Crippen LogP contribution in [0.25, 0.3) is 10.9 Å². The topological polar surface area (TPSA) is 36.1 Å². The van der Waals surface area contributed by atoms with Crippen LogP contribution in [0.2, 0.25) is 0 Å². The standard InChI is InChI=1S/C20H23FN2O/c1-14-10-15(21)11-17-16(14)12-18(22-17)19(24)23-9-5-8-20(13-23)6-3-2-4-7-20/h2-3,10-12,22H,4-9,13H2,1H3/t20-/m0/s1. The van der Waals surface area contributed by atoms with Crippen molar-refractivity contribution in [1.82, 2.24) is 9.88 Å². The van der Waals surface area contributed by atoms with Gasteiger partial charge in [-0.05, 0) is 68.2 Å². The van der Waals surface area contributed by atoms with E-state index < -0.39 is 0 Å². The van der Waals surface area contributed by atoms with Crippen molar-refractivity contribution in [2.75, 3.05) is 13.1 Å². The molecule has 4 rings (SSSR count). The molecule has 4 heteroatoms. The van der Waals surface area contributed by atoms with Crippen molar-refractivity contribution < 1.29 is 9.18 Å². The Kier molecular flexibility index (Phi) is 3.70. The number of benzene rings is 1. The number of aromatic nitrogens is 1. The predicted octanol–water partition coefficient (Wildman–Crippen LogP) is 4.58. The van der Waals surface area contributed by atoms with Crippen LogP contribution < -0.4 is 0 Å². The van der Waals surface area contributed by atoms with Crippen LogP contribution in [0.5, 0.6) is 0 Å². The Balaban J connectivity index is 1.61. The smallest absolute Gasteiger partial charge is 0.270 e. The molecule has 1 fully saturated rings. The number of hydrogen-bond donors (Lipinski definition) is 1. The summed E-state index contributed by atoms with van der Waals surface area (Å²) in [5.74, 6) is -0.230.